The Bertz CT molecular complexity index is 284. The van der Waals surface area contributed by atoms with E-state index in [1.165, 1.54) is 0 Å². The molecule has 0 N–H and O–H groups in total. The summed E-state index contributed by atoms with van der Waals surface area (Å²) in [7, 11) is 0. The summed E-state index contributed by atoms with van der Waals surface area (Å²) in [6.07, 6.45) is 4.21. The van der Waals surface area contributed by atoms with Crippen molar-refractivity contribution < 1.29 is 6.16 Å². The van der Waals surface area contributed by atoms with E-state index < -0.39 is 0 Å². The molecule has 2 heteroatoms. The molecule has 0 saturated carbocycles. The predicted molar refractivity (Wildman–Crippen MR) is 45.2 cm³/mol. The van der Waals surface area contributed by atoms with Crippen LogP contribution >= 0.6 is 0 Å². The Kier molecular flexibility index (Phi) is 2.51. The highest BCUT2D eigenvalue weighted by molar-refractivity contribution is 5.17. The SMILES string of the molecule is CC#COc1ccc(C)cn1.[HH]. The molecule has 0 aliphatic heterocycles. The molecular formula is C9H11NO. The molecule has 0 bridgehead atoms. The summed E-state index contributed by atoms with van der Waals surface area (Å²) in [5, 5.41) is 0. The molecule has 0 saturated heterocycles. The van der Waals surface area contributed by atoms with Gasteiger partial charge in [0.15, 0.2) is 0 Å². The van der Waals surface area contributed by atoms with Crippen LogP contribution in [0.4, 0.5) is 0 Å². The van der Waals surface area contributed by atoms with E-state index in [9.17, 15) is 0 Å². The van der Waals surface area contributed by atoms with Crippen LogP contribution in [0, 0.1) is 19.0 Å². The van der Waals surface area contributed by atoms with Crippen LogP contribution in [0.2, 0.25) is 0 Å². The molecule has 0 aliphatic carbocycles. The lowest BCUT2D eigenvalue weighted by Crippen LogP contribution is -1.86. The Morgan fingerprint density at radius 1 is 1.55 bits per heavy atom. The van der Waals surface area contributed by atoms with Gasteiger partial charge in [0.2, 0.25) is 5.88 Å². The zero-order chi connectivity index (χ0) is 8.10. The molecule has 0 atom stereocenters. The maximum atomic E-state index is 4.94. The predicted octanol–water partition coefficient (Wildman–Crippen LogP) is 2.00. The largest absolute Gasteiger partial charge is 0.388 e. The lowest BCUT2D eigenvalue weighted by molar-refractivity contribution is 0.497. The number of rotatable bonds is 1. The van der Waals surface area contributed by atoms with Crippen molar-refractivity contribution in [2.75, 3.05) is 0 Å². The monoisotopic (exact) mass is 149 g/mol. The molecule has 1 rings (SSSR count). The van der Waals surface area contributed by atoms with E-state index in [4.69, 9.17) is 4.74 Å². The van der Waals surface area contributed by atoms with Crippen LogP contribution in [0.3, 0.4) is 0 Å². The van der Waals surface area contributed by atoms with Crippen molar-refractivity contribution in [3.63, 3.8) is 0 Å². The van der Waals surface area contributed by atoms with Crippen molar-refractivity contribution in [3.8, 4) is 17.9 Å². The average molecular weight is 149 g/mol. The Labute approximate surface area is 67.7 Å². The van der Waals surface area contributed by atoms with Crippen molar-refractivity contribution in [3.05, 3.63) is 23.9 Å². The Balaban J connectivity index is 0.00000121. The third kappa shape index (κ3) is 2.30. The number of hydrogen-bond acceptors (Lipinski definition) is 2. The van der Waals surface area contributed by atoms with Crippen LogP contribution in [0.15, 0.2) is 18.3 Å². The van der Waals surface area contributed by atoms with Gasteiger partial charge in [-0.1, -0.05) is 12.0 Å². The van der Waals surface area contributed by atoms with Gasteiger partial charge in [0.05, 0.1) is 0 Å². The number of ether oxygens (including phenoxy) is 1. The molecular weight excluding hydrogens is 138 g/mol. The van der Waals surface area contributed by atoms with Gasteiger partial charge < -0.3 is 4.74 Å². The number of nitrogens with zero attached hydrogens (tertiary/aromatic N) is 1. The third-order valence-corrected chi connectivity index (χ3v) is 1.14. The van der Waals surface area contributed by atoms with E-state index in [1.54, 1.807) is 19.2 Å². The highest BCUT2D eigenvalue weighted by atomic mass is 16.5. The fourth-order valence-corrected chi connectivity index (χ4v) is 0.618. The minimum Gasteiger partial charge on any atom is -0.388 e. The number of pyridine rings is 1. The quantitative estimate of drug-likeness (QED) is 0.570. The zero-order valence-electron chi connectivity index (χ0n) is 6.59. The second-order valence-corrected chi connectivity index (χ2v) is 2.13. The van der Waals surface area contributed by atoms with Gasteiger partial charge in [0, 0.05) is 20.6 Å². The molecule has 2 nitrogen and oxygen atoms in total. The van der Waals surface area contributed by atoms with Crippen LogP contribution in [0.1, 0.15) is 13.9 Å². The van der Waals surface area contributed by atoms with Gasteiger partial charge in [-0.15, -0.1) is 0 Å². The molecule has 11 heavy (non-hydrogen) atoms. The van der Waals surface area contributed by atoms with Crippen LogP contribution in [0.5, 0.6) is 5.88 Å². The van der Waals surface area contributed by atoms with Crippen molar-refractivity contribution in [1.29, 1.82) is 0 Å². The number of hydrogen-bond donors (Lipinski definition) is 0. The molecule has 1 aromatic rings. The summed E-state index contributed by atoms with van der Waals surface area (Å²) in [6, 6.07) is 3.72. The average Bonchev–Trinajstić information content (AvgIpc) is 2.04. The lowest BCUT2D eigenvalue weighted by Gasteiger charge is -1.94. The normalized spacial score (nSPS) is 8.18. The summed E-state index contributed by atoms with van der Waals surface area (Å²) < 4.78 is 4.94. The first-order chi connectivity index (χ1) is 5.33. The molecule has 0 aliphatic rings. The maximum Gasteiger partial charge on any atom is 0.230 e. The molecule has 0 amide bonds. The minimum atomic E-state index is 0. The van der Waals surface area contributed by atoms with Gasteiger partial charge in [0.1, 0.15) is 6.11 Å². The highest BCUT2D eigenvalue weighted by Crippen LogP contribution is 2.05. The van der Waals surface area contributed by atoms with Crippen LogP contribution in [-0.2, 0) is 0 Å². The molecule has 58 valence electrons. The summed E-state index contributed by atoms with van der Waals surface area (Å²) in [5.74, 6) is 3.16. The van der Waals surface area contributed by atoms with E-state index in [0.717, 1.165) is 5.56 Å². The Hall–Kier alpha value is -1.49. The highest BCUT2D eigenvalue weighted by Gasteiger charge is 1.89. The van der Waals surface area contributed by atoms with Gasteiger partial charge in [-0.05, 0) is 12.5 Å². The maximum absolute atomic E-state index is 4.94. The van der Waals surface area contributed by atoms with Crippen LogP contribution in [0.25, 0.3) is 0 Å². The molecule has 1 heterocycles. The van der Waals surface area contributed by atoms with Crippen LogP contribution in [-0.4, -0.2) is 4.98 Å². The van der Waals surface area contributed by atoms with E-state index >= 15 is 0 Å². The van der Waals surface area contributed by atoms with Crippen molar-refractivity contribution in [2.45, 2.75) is 13.8 Å². The third-order valence-electron chi connectivity index (χ3n) is 1.14. The molecule has 0 spiro atoms. The first kappa shape index (κ1) is 7.62. The van der Waals surface area contributed by atoms with Gasteiger partial charge >= 0.3 is 0 Å². The molecule has 1 aromatic heterocycles. The Morgan fingerprint density at radius 3 is 2.91 bits per heavy atom. The Morgan fingerprint density at radius 2 is 2.36 bits per heavy atom. The summed E-state index contributed by atoms with van der Waals surface area (Å²) in [4.78, 5) is 3.99. The first-order valence-corrected chi connectivity index (χ1v) is 3.34. The first-order valence-electron chi connectivity index (χ1n) is 3.34. The molecule has 0 radical (unpaired) electrons. The van der Waals surface area contributed by atoms with E-state index in [1.807, 2.05) is 13.0 Å². The van der Waals surface area contributed by atoms with E-state index in [-0.39, 0.29) is 1.43 Å². The van der Waals surface area contributed by atoms with Gasteiger partial charge in [-0.3, -0.25) is 0 Å². The van der Waals surface area contributed by atoms with Crippen molar-refractivity contribution >= 4 is 0 Å². The number of aromatic nitrogens is 1. The fourth-order valence-electron chi connectivity index (χ4n) is 0.618. The van der Waals surface area contributed by atoms with Crippen LogP contribution < -0.4 is 4.74 Å². The van der Waals surface area contributed by atoms with Gasteiger partial charge in [-0.25, -0.2) is 4.98 Å². The standard InChI is InChI=1S/C9H9NO.H2/c1-3-6-11-9-5-4-8(2)7-10-9;/h4-5,7H,1-2H3;1H. The van der Waals surface area contributed by atoms with Gasteiger partial charge in [0.25, 0.3) is 0 Å². The van der Waals surface area contributed by atoms with E-state index in [0.29, 0.717) is 5.88 Å². The smallest absolute Gasteiger partial charge is 0.230 e. The number of aryl methyl sites for hydroxylation is 1. The topological polar surface area (TPSA) is 22.1 Å². The summed E-state index contributed by atoms with van der Waals surface area (Å²) >= 11 is 0. The molecule has 0 aromatic carbocycles. The summed E-state index contributed by atoms with van der Waals surface area (Å²) in [5.41, 5.74) is 1.11. The fraction of sp³-hybridized carbons (Fsp3) is 0.222. The molecule has 0 fully saturated rings. The molecule has 0 unspecified atom stereocenters. The summed E-state index contributed by atoms with van der Waals surface area (Å²) in [6.45, 7) is 3.69. The minimum absolute atomic E-state index is 0. The van der Waals surface area contributed by atoms with Crippen molar-refractivity contribution in [1.82, 2.24) is 4.98 Å². The van der Waals surface area contributed by atoms with Gasteiger partial charge in [-0.2, -0.15) is 0 Å². The lowest BCUT2D eigenvalue weighted by atomic mass is 10.3. The second-order valence-electron chi connectivity index (χ2n) is 2.13. The zero-order valence-corrected chi connectivity index (χ0v) is 6.59. The van der Waals surface area contributed by atoms with E-state index in [2.05, 4.69) is 17.0 Å². The van der Waals surface area contributed by atoms with Crippen molar-refractivity contribution in [2.24, 2.45) is 0 Å². The second kappa shape index (κ2) is 3.62.